The summed E-state index contributed by atoms with van der Waals surface area (Å²) in [4.78, 5) is 2.15. The SMILES string of the molecule is CC1CCN(c2ccc(N)c(OCC(F)(F)F)c2)CC1. The highest BCUT2D eigenvalue weighted by Crippen LogP contribution is 2.31. The molecule has 2 rings (SSSR count). The maximum absolute atomic E-state index is 12.2. The Kier molecular flexibility index (Phi) is 4.30. The summed E-state index contributed by atoms with van der Waals surface area (Å²) < 4.78 is 41.4. The molecule has 0 aromatic heterocycles. The van der Waals surface area contributed by atoms with Crippen molar-refractivity contribution in [1.29, 1.82) is 0 Å². The van der Waals surface area contributed by atoms with Gasteiger partial charge in [0.05, 0.1) is 5.69 Å². The zero-order valence-electron chi connectivity index (χ0n) is 11.4. The van der Waals surface area contributed by atoms with Gasteiger partial charge in [-0.1, -0.05) is 6.92 Å². The van der Waals surface area contributed by atoms with E-state index in [0.717, 1.165) is 31.6 Å². The van der Waals surface area contributed by atoms with Crippen molar-refractivity contribution < 1.29 is 17.9 Å². The molecule has 112 valence electrons. The summed E-state index contributed by atoms with van der Waals surface area (Å²) in [5.74, 6) is 0.791. The second-order valence-electron chi connectivity index (χ2n) is 5.30. The molecule has 1 heterocycles. The third-order valence-electron chi connectivity index (χ3n) is 3.54. The fraction of sp³-hybridized carbons (Fsp3) is 0.571. The lowest BCUT2D eigenvalue weighted by Gasteiger charge is -2.32. The van der Waals surface area contributed by atoms with Crippen molar-refractivity contribution in [1.82, 2.24) is 0 Å². The van der Waals surface area contributed by atoms with E-state index in [1.54, 1.807) is 12.1 Å². The van der Waals surface area contributed by atoms with Crippen molar-refractivity contribution in [3.63, 3.8) is 0 Å². The third kappa shape index (κ3) is 3.95. The van der Waals surface area contributed by atoms with Gasteiger partial charge in [0.15, 0.2) is 6.61 Å². The Morgan fingerprint density at radius 3 is 2.55 bits per heavy atom. The van der Waals surface area contributed by atoms with Gasteiger partial charge in [-0.2, -0.15) is 13.2 Å². The van der Waals surface area contributed by atoms with E-state index in [1.807, 2.05) is 6.07 Å². The molecular weight excluding hydrogens is 269 g/mol. The van der Waals surface area contributed by atoms with Crippen LogP contribution in [0.1, 0.15) is 19.8 Å². The number of alkyl halides is 3. The topological polar surface area (TPSA) is 38.5 Å². The first-order valence-corrected chi connectivity index (χ1v) is 6.69. The van der Waals surface area contributed by atoms with Crippen molar-refractivity contribution in [2.75, 3.05) is 30.3 Å². The Hall–Kier alpha value is -1.59. The number of anilines is 2. The van der Waals surface area contributed by atoms with Crippen LogP contribution in [0.2, 0.25) is 0 Å². The van der Waals surface area contributed by atoms with Crippen molar-refractivity contribution in [3.05, 3.63) is 18.2 Å². The average molecular weight is 288 g/mol. The Balaban J connectivity index is 2.08. The number of nitrogens with zero attached hydrogens (tertiary/aromatic N) is 1. The van der Waals surface area contributed by atoms with Crippen LogP contribution in [-0.2, 0) is 0 Å². The Bertz CT molecular complexity index is 454. The van der Waals surface area contributed by atoms with Gasteiger partial charge in [0.25, 0.3) is 0 Å². The summed E-state index contributed by atoms with van der Waals surface area (Å²) in [5, 5.41) is 0. The minimum absolute atomic E-state index is 0.0958. The summed E-state index contributed by atoms with van der Waals surface area (Å²) in [6, 6.07) is 5.02. The highest BCUT2D eigenvalue weighted by Gasteiger charge is 2.29. The first-order valence-electron chi connectivity index (χ1n) is 6.69. The van der Waals surface area contributed by atoms with Crippen LogP contribution in [0.3, 0.4) is 0 Å². The van der Waals surface area contributed by atoms with E-state index in [-0.39, 0.29) is 11.4 Å². The van der Waals surface area contributed by atoms with Gasteiger partial charge in [0.1, 0.15) is 5.75 Å². The van der Waals surface area contributed by atoms with Crippen LogP contribution >= 0.6 is 0 Å². The van der Waals surface area contributed by atoms with Crippen LogP contribution in [-0.4, -0.2) is 25.9 Å². The van der Waals surface area contributed by atoms with Gasteiger partial charge in [0.2, 0.25) is 0 Å². The van der Waals surface area contributed by atoms with E-state index in [0.29, 0.717) is 5.92 Å². The van der Waals surface area contributed by atoms with Crippen LogP contribution in [0.5, 0.6) is 5.75 Å². The van der Waals surface area contributed by atoms with Crippen molar-refractivity contribution >= 4 is 11.4 Å². The number of halogens is 3. The summed E-state index contributed by atoms with van der Waals surface area (Å²) in [5.41, 5.74) is 6.75. The van der Waals surface area contributed by atoms with Gasteiger partial charge in [0, 0.05) is 24.8 Å². The zero-order chi connectivity index (χ0) is 14.8. The fourth-order valence-electron chi connectivity index (χ4n) is 2.27. The molecule has 1 aliphatic rings. The van der Waals surface area contributed by atoms with Crippen molar-refractivity contribution in [2.24, 2.45) is 5.92 Å². The van der Waals surface area contributed by atoms with E-state index in [2.05, 4.69) is 11.8 Å². The molecular formula is C14H19F3N2O. The molecule has 6 heteroatoms. The molecule has 0 spiro atoms. The van der Waals surface area contributed by atoms with Gasteiger partial charge >= 0.3 is 6.18 Å². The van der Waals surface area contributed by atoms with Gasteiger partial charge < -0.3 is 15.4 Å². The second kappa shape index (κ2) is 5.81. The number of piperidine rings is 1. The second-order valence-corrected chi connectivity index (χ2v) is 5.30. The summed E-state index contributed by atoms with van der Waals surface area (Å²) in [6.45, 7) is 2.70. The molecule has 1 aliphatic heterocycles. The largest absolute Gasteiger partial charge is 0.482 e. The molecule has 0 amide bonds. The number of nitrogen functional groups attached to an aromatic ring is 1. The summed E-state index contributed by atoms with van der Waals surface area (Å²) in [7, 11) is 0. The van der Waals surface area contributed by atoms with E-state index >= 15 is 0 Å². The molecule has 0 bridgehead atoms. The number of rotatable bonds is 3. The number of hydrogen-bond donors (Lipinski definition) is 1. The maximum atomic E-state index is 12.2. The zero-order valence-corrected chi connectivity index (χ0v) is 11.4. The van der Waals surface area contributed by atoms with E-state index in [9.17, 15) is 13.2 Å². The van der Waals surface area contributed by atoms with Gasteiger partial charge in [-0.3, -0.25) is 0 Å². The third-order valence-corrected chi connectivity index (χ3v) is 3.54. The molecule has 0 aliphatic carbocycles. The first-order chi connectivity index (χ1) is 9.35. The number of hydrogen-bond acceptors (Lipinski definition) is 3. The quantitative estimate of drug-likeness (QED) is 0.866. The van der Waals surface area contributed by atoms with E-state index < -0.39 is 12.8 Å². The Labute approximate surface area is 116 Å². The molecule has 1 saturated heterocycles. The highest BCUT2D eigenvalue weighted by atomic mass is 19.4. The normalized spacial score (nSPS) is 17.3. The monoisotopic (exact) mass is 288 g/mol. The van der Waals surface area contributed by atoms with E-state index in [1.165, 1.54) is 0 Å². The van der Waals surface area contributed by atoms with Gasteiger partial charge in [-0.15, -0.1) is 0 Å². The van der Waals surface area contributed by atoms with Gasteiger partial charge in [-0.05, 0) is 30.9 Å². The molecule has 2 N–H and O–H groups in total. The van der Waals surface area contributed by atoms with Crippen LogP contribution < -0.4 is 15.4 Å². The van der Waals surface area contributed by atoms with Crippen LogP contribution in [0.4, 0.5) is 24.5 Å². The van der Waals surface area contributed by atoms with Gasteiger partial charge in [-0.25, -0.2) is 0 Å². The van der Waals surface area contributed by atoms with Crippen molar-refractivity contribution in [3.8, 4) is 5.75 Å². The molecule has 1 aromatic rings. The highest BCUT2D eigenvalue weighted by molar-refractivity contribution is 5.62. The average Bonchev–Trinajstić information content (AvgIpc) is 2.38. The minimum Gasteiger partial charge on any atom is -0.482 e. The number of ether oxygens (including phenoxy) is 1. The number of nitrogens with two attached hydrogens (primary N) is 1. The summed E-state index contributed by atoms with van der Waals surface area (Å²) in [6.07, 6.45) is -2.19. The molecule has 0 radical (unpaired) electrons. The first kappa shape index (κ1) is 14.8. The predicted molar refractivity (Wildman–Crippen MR) is 73.0 cm³/mol. The number of benzene rings is 1. The Morgan fingerprint density at radius 1 is 1.30 bits per heavy atom. The standard InChI is InChI=1S/C14H19F3N2O/c1-10-4-6-19(7-5-10)11-2-3-12(18)13(8-11)20-9-14(15,16)17/h2-3,8,10H,4-7,9,18H2,1H3. The van der Waals surface area contributed by atoms with Crippen LogP contribution in [0, 0.1) is 5.92 Å². The molecule has 0 saturated carbocycles. The van der Waals surface area contributed by atoms with Crippen LogP contribution in [0.15, 0.2) is 18.2 Å². The lowest BCUT2D eigenvalue weighted by molar-refractivity contribution is -0.153. The van der Waals surface area contributed by atoms with E-state index in [4.69, 9.17) is 10.5 Å². The fourth-order valence-corrected chi connectivity index (χ4v) is 2.27. The smallest absolute Gasteiger partial charge is 0.422 e. The van der Waals surface area contributed by atoms with Crippen LogP contribution in [0.25, 0.3) is 0 Å². The lowest BCUT2D eigenvalue weighted by atomic mass is 9.99. The molecule has 1 aromatic carbocycles. The molecule has 20 heavy (non-hydrogen) atoms. The molecule has 0 unspecified atom stereocenters. The Morgan fingerprint density at radius 2 is 1.95 bits per heavy atom. The molecule has 3 nitrogen and oxygen atoms in total. The van der Waals surface area contributed by atoms with Crippen molar-refractivity contribution in [2.45, 2.75) is 25.9 Å². The molecule has 1 fully saturated rings. The maximum Gasteiger partial charge on any atom is 0.422 e. The minimum atomic E-state index is -4.36. The predicted octanol–water partition coefficient (Wildman–Crippen LogP) is 3.45. The summed E-state index contributed by atoms with van der Waals surface area (Å²) >= 11 is 0. The molecule has 0 atom stereocenters. The lowest BCUT2D eigenvalue weighted by Crippen LogP contribution is -2.32.